The van der Waals surface area contributed by atoms with E-state index in [4.69, 9.17) is 14.2 Å². The summed E-state index contributed by atoms with van der Waals surface area (Å²) < 4.78 is 16.6. The number of ether oxygens (including phenoxy) is 3. The summed E-state index contributed by atoms with van der Waals surface area (Å²) in [7, 11) is 0. The quantitative estimate of drug-likeness (QED) is 0.629. The molecule has 1 spiro atoms. The van der Waals surface area contributed by atoms with Gasteiger partial charge in [0, 0.05) is 12.5 Å². The lowest BCUT2D eigenvalue weighted by Crippen LogP contribution is -2.85. The fraction of sp³-hybridized carbons (Fsp3) is 0.655. The molecule has 36 heavy (non-hydrogen) atoms. The van der Waals surface area contributed by atoms with Crippen molar-refractivity contribution in [1.29, 1.82) is 0 Å². The fourth-order valence-corrected chi connectivity index (χ4v) is 10.00. The van der Waals surface area contributed by atoms with Gasteiger partial charge in [0.15, 0.2) is 17.3 Å². The molecular weight excluding hydrogens is 458 g/mol. The molecule has 2 bridgehead atoms. The summed E-state index contributed by atoms with van der Waals surface area (Å²) in [6.07, 6.45) is 7.09. The van der Waals surface area contributed by atoms with Crippen LogP contribution in [-0.2, 0) is 20.7 Å². The van der Waals surface area contributed by atoms with Gasteiger partial charge in [-0.25, -0.2) is 0 Å². The van der Waals surface area contributed by atoms with E-state index in [-0.39, 0.29) is 47.8 Å². The Labute approximate surface area is 210 Å². The lowest BCUT2D eigenvalue weighted by atomic mass is 9.41. The molecule has 1 amide bonds. The number of ketones is 1. The number of carbonyl (C=O) groups excluding carboxylic acids is 2. The average Bonchev–Trinajstić information content (AvgIpc) is 3.49. The largest absolute Gasteiger partial charge is 0.454 e. The van der Waals surface area contributed by atoms with E-state index >= 15 is 0 Å². The highest BCUT2D eigenvalue weighted by Gasteiger charge is 2.85. The van der Waals surface area contributed by atoms with Crippen molar-refractivity contribution in [3.63, 3.8) is 0 Å². The highest BCUT2D eigenvalue weighted by Crippen LogP contribution is 2.78. The molecule has 2 N–H and O–H groups in total. The average molecular weight is 492 g/mol. The van der Waals surface area contributed by atoms with Crippen molar-refractivity contribution >= 4 is 11.7 Å². The van der Waals surface area contributed by atoms with Gasteiger partial charge in [-0.2, -0.15) is 0 Å². The number of rotatable bonds is 4. The lowest BCUT2D eigenvalue weighted by molar-refractivity contribution is -0.400. The van der Waals surface area contributed by atoms with Gasteiger partial charge < -0.3 is 24.6 Å². The highest BCUT2D eigenvalue weighted by atomic mass is 16.7. The second kappa shape index (κ2) is 6.73. The number of allylic oxidation sites excluding steroid dienone is 1. The van der Waals surface area contributed by atoms with E-state index in [0.29, 0.717) is 30.7 Å². The third-order valence-corrected chi connectivity index (χ3v) is 11.3. The monoisotopic (exact) mass is 491 g/mol. The molecule has 2 heterocycles. The minimum atomic E-state index is -1.64. The van der Waals surface area contributed by atoms with Crippen LogP contribution in [0, 0.1) is 46.3 Å². The standard InChI is InChI=1S/C29H33NO6/c1-14-11-28-12-16(14)4-5-18(28)17-10-21-24-27(2,26(32)29(24,33)36-21)22(17)23(28)25(31)30-8-7-15-3-6-19-20(9-15)35-13-34-19/h3,6,9-10,14,16,18,21-24,33H,4-5,7-8,11-13H2,1-2H3,(H,30,31). The van der Waals surface area contributed by atoms with Crippen LogP contribution in [-0.4, -0.2) is 42.0 Å². The minimum Gasteiger partial charge on any atom is -0.454 e. The molecule has 0 aromatic heterocycles. The molecule has 7 nitrogen and oxygen atoms in total. The van der Waals surface area contributed by atoms with Gasteiger partial charge in [-0.05, 0) is 73.0 Å². The van der Waals surface area contributed by atoms with Crippen molar-refractivity contribution in [2.45, 2.75) is 57.8 Å². The molecule has 4 saturated carbocycles. The smallest absolute Gasteiger partial charge is 0.234 e. The number of nitrogens with one attached hydrogen (secondary N) is 1. The summed E-state index contributed by atoms with van der Waals surface area (Å²) >= 11 is 0. The summed E-state index contributed by atoms with van der Waals surface area (Å²) in [5.74, 6) is 0.687. The van der Waals surface area contributed by atoms with Gasteiger partial charge in [-0.15, -0.1) is 0 Å². The van der Waals surface area contributed by atoms with E-state index < -0.39 is 11.2 Å². The molecule has 2 aliphatic heterocycles. The van der Waals surface area contributed by atoms with Gasteiger partial charge in [0.05, 0.1) is 23.4 Å². The van der Waals surface area contributed by atoms with Crippen LogP contribution in [0.4, 0.5) is 0 Å². The molecule has 7 aliphatic rings. The summed E-state index contributed by atoms with van der Waals surface area (Å²) in [6.45, 7) is 5.12. The molecule has 190 valence electrons. The summed E-state index contributed by atoms with van der Waals surface area (Å²) in [5.41, 5.74) is 1.54. The van der Waals surface area contributed by atoms with Crippen molar-refractivity contribution in [2.24, 2.45) is 46.3 Å². The maximum absolute atomic E-state index is 14.1. The molecule has 5 aliphatic carbocycles. The molecule has 7 heteroatoms. The van der Waals surface area contributed by atoms with E-state index in [9.17, 15) is 14.7 Å². The second-order valence-electron chi connectivity index (χ2n) is 12.7. The number of benzene rings is 1. The maximum Gasteiger partial charge on any atom is 0.234 e. The third kappa shape index (κ3) is 2.34. The van der Waals surface area contributed by atoms with Crippen LogP contribution >= 0.6 is 0 Å². The fourth-order valence-electron chi connectivity index (χ4n) is 10.00. The van der Waals surface area contributed by atoms with Gasteiger partial charge in [0.25, 0.3) is 0 Å². The topological polar surface area (TPSA) is 94.1 Å². The molecule has 1 saturated heterocycles. The van der Waals surface area contributed by atoms with Gasteiger partial charge in [-0.3, -0.25) is 9.59 Å². The van der Waals surface area contributed by atoms with E-state index in [1.165, 1.54) is 12.0 Å². The van der Waals surface area contributed by atoms with E-state index in [0.717, 1.165) is 36.3 Å². The summed E-state index contributed by atoms with van der Waals surface area (Å²) in [6, 6.07) is 5.92. The van der Waals surface area contributed by atoms with Crippen molar-refractivity contribution in [3.05, 3.63) is 35.4 Å². The van der Waals surface area contributed by atoms with Crippen molar-refractivity contribution in [3.8, 4) is 11.5 Å². The lowest BCUT2D eigenvalue weighted by Gasteiger charge is -2.70. The molecule has 1 aromatic rings. The molecule has 0 radical (unpaired) electrons. The van der Waals surface area contributed by atoms with Crippen LogP contribution in [0.15, 0.2) is 29.8 Å². The normalized spacial score (nSPS) is 48.2. The minimum absolute atomic E-state index is 0.0760. The molecular formula is C29H33NO6. The van der Waals surface area contributed by atoms with Gasteiger partial charge >= 0.3 is 0 Å². The Morgan fingerprint density at radius 2 is 2.03 bits per heavy atom. The van der Waals surface area contributed by atoms with Crippen LogP contribution in [0.3, 0.4) is 0 Å². The van der Waals surface area contributed by atoms with Crippen LogP contribution in [0.2, 0.25) is 0 Å². The maximum atomic E-state index is 14.1. The number of carbonyl (C=O) groups is 2. The molecule has 5 fully saturated rings. The van der Waals surface area contributed by atoms with Crippen LogP contribution in [0.1, 0.15) is 45.1 Å². The van der Waals surface area contributed by atoms with Crippen LogP contribution < -0.4 is 14.8 Å². The van der Waals surface area contributed by atoms with E-state index in [1.807, 2.05) is 25.1 Å². The van der Waals surface area contributed by atoms with Gasteiger partial charge in [0.2, 0.25) is 18.5 Å². The number of aliphatic hydroxyl groups is 1. The highest BCUT2D eigenvalue weighted by molar-refractivity contribution is 6.02. The number of amides is 1. The Bertz CT molecular complexity index is 1240. The molecule has 1 aromatic carbocycles. The van der Waals surface area contributed by atoms with E-state index in [1.54, 1.807) is 0 Å². The van der Waals surface area contributed by atoms with Gasteiger partial charge in [-0.1, -0.05) is 31.6 Å². The number of Topliss-reactive ketones (excluding diaryl/α,β-unsaturated/α-hetero) is 1. The first-order chi connectivity index (χ1) is 17.3. The first-order valence-corrected chi connectivity index (χ1v) is 13.6. The Kier molecular flexibility index (Phi) is 4.05. The Hall–Kier alpha value is -2.38. The predicted molar refractivity (Wildman–Crippen MR) is 128 cm³/mol. The Morgan fingerprint density at radius 1 is 1.19 bits per heavy atom. The predicted octanol–water partition coefficient (Wildman–Crippen LogP) is 3.00. The number of hydrogen-bond acceptors (Lipinski definition) is 6. The second-order valence-corrected chi connectivity index (χ2v) is 12.7. The zero-order chi connectivity index (χ0) is 24.6. The number of fused-ring (bicyclic) bond motifs is 5. The van der Waals surface area contributed by atoms with Crippen LogP contribution in [0.25, 0.3) is 0 Å². The third-order valence-electron chi connectivity index (χ3n) is 11.3. The summed E-state index contributed by atoms with van der Waals surface area (Å²) in [4.78, 5) is 27.5. The van der Waals surface area contributed by atoms with Crippen molar-refractivity contribution < 1.29 is 28.9 Å². The zero-order valence-electron chi connectivity index (χ0n) is 20.8. The number of hydrogen-bond donors (Lipinski definition) is 2. The molecule has 10 atom stereocenters. The van der Waals surface area contributed by atoms with Crippen molar-refractivity contribution in [2.75, 3.05) is 13.3 Å². The van der Waals surface area contributed by atoms with E-state index in [2.05, 4.69) is 18.3 Å². The van der Waals surface area contributed by atoms with Crippen molar-refractivity contribution in [1.82, 2.24) is 5.32 Å². The van der Waals surface area contributed by atoms with Gasteiger partial charge in [0.1, 0.15) is 0 Å². The van der Waals surface area contributed by atoms with Crippen LogP contribution in [0.5, 0.6) is 11.5 Å². The molecule has 8 rings (SSSR count). The summed E-state index contributed by atoms with van der Waals surface area (Å²) in [5, 5.41) is 14.1. The first kappa shape index (κ1) is 21.7. The first-order valence-electron chi connectivity index (χ1n) is 13.6. The Balaban J connectivity index is 1.11. The molecule has 10 unspecified atom stereocenters. The zero-order valence-corrected chi connectivity index (χ0v) is 20.8. The SMILES string of the molecule is CC1CC23CC1CCC2C1=CC2OC4(O)C(=O)C(C)(C1C3C(=O)NCCc1ccc3c(c1)OCO3)C24. The Morgan fingerprint density at radius 3 is 2.89 bits per heavy atom.